The smallest absolute Gasteiger partial charge is 0.261 e. The van der Waals surface area contributed by atoms with Crippen molar-refractivity contribution in [1.29, 1.82) is 0 Å². The van der Waals surface area contributed by atoms with Gasteiger partial charge in [-0.2, -0.15) is 0 Å². The van der Waals surface area contributed by atoms with Crippen molar-refractivity contribution in [1.82, 2.24) is 16.0 Å². The molecule has 0 aliphatic rings. The maximum absolute atomic E-state index is 11.8. The minimum Gasteiger partial charge on any atom is -0.357 e. The first kappa shape index (κ1) is 22.7. The van der Waals surface area contributed by atoms with Crippen LogP contribution in [0.4, 0.5) is 0 Å². The van der Waals surface area contributed by atoms with E-state index in [4.69, 9.17) is 11.6 Å². The minimum atomic E-state index is -0.0155. The van der Waals surface area contributed by atoms with Gasteiger partial charge in [0, 0.05) is 24.7 Å². The molecule has 1 amide bonds. The van der Waals surface area contributed by atoms with E-state index < -0.39 is 0 Å². The van der Waals surface area contributed by atoms with Gasteiger partial charge < -0.3 is 16.0 Å². The van der Waals surface area contributed by atoms with Crippen LogP contribution in [0.2, 0.25) is 5.02 Å². The molecule has 0 aliphatic carbocycles. The van der Waals surface area contributed by atoms with Crippen molar-refractivity contribution in [3.05, 3.63) is 57.2 Å². The van der Waals surface area contributed by atoms with Crippen LogP contribution in [0.15, 0.2) is 46.8 Å². The number of hydrogen-bond donors (Lipinski definition) is 3. The average molecular weight is 507 g/mol. The third-order valence-corrected chi connectivity index (χ3v) is 4.47. The summed E-state index contributed by atoms with van der Waals surface area (Å²) in [4.78, 5) is 17.1. The van der Waals surface area contributed by atoms with Gasteiger partial charge in [0.2, 0.25) is 0 Å². The molecule has 0 atom stereocenters. The van der Waals surface area contributed by atoms with Gasteiger partial charge in [0.05, 0.1) is 11.4 Å². The molecule has 26 heavy (non-hydrogen) atoms. The molecule has 0 aliphatic heterocycles. The van der Waals surface area contributed by atoms with E-state index in [1.807, 2.05) is 48.7 Å². The van der Waals surface area contributed by atoms with E-state index in [0.29, 0.717) is 13.1 Å². The summed E-state index contributed by atoms with van der Waals surface area (Å²) in [6, 6.07) is 11.4. The second-order valence-corrected chi connectivity index (χ2v) is 6.72. The fraction of sp³-hybridized carbons (Fsp3) is 0.333. The van der Waals surface area contributed by atoms with Gasteiger partial charge in [-0.05, 0) is 42.5 Å². The van der Waals surface area contributed by atoms with Crippen LogP contribution < -0.4 is 16.0 Å². The predicted octanol–water partition coefficient (Wildman–Crippen LogP) is 3.89. The molecule has 0 unspecified atom stereocenters. The number of carbonyl (C=O) groups excluding carboxylic acids is 1. The molecule has 1 aromatic carbocycles. The second-order valence-electron chi connectivity index (χ2n) is 5.34. The standard InChI is InChI=1S/C18H23ClN4OS.HI/c1-2-20-18(23-13-14-6-8-15(19)9-7-14)22-11-4-10-21-17(24)16-5-3-12-25-16;/h3,5-9,12H,2,4,10-11,13H2,1H3,(H,21,24)(H2,20,22,23);1H. The van der Waals surface area contributed by atoms with Gasteiger partial charge in [-0.3, -0.25) is 4.79 Å². The monoisotopic (exact) mass is 506 g/mol. The molecule has 142 valence electrons. The zero-order valence-electron chi connectivity index (χ0n) is 14.6. The van der Waals surface area contributed by atoms with Crippen molar-refractivity contribution in [3.8, 4) is 0 Å². The zero-order valence-corrected chi connectivity index (χ0v) is 18.5. The summed E-state index contributed by atoms with van der Waals surface area (Å²) in [7, 11) is 0. The highest BCUT2D eigenvalue weighted by Crippen LogP contribution is 2.10. The number of rotatable bonds is 8. The Morgan fingerprint density at radius 3 is 2.50 bits per heavy atom. The van der Waals surface area contributed by atoms with E-state index in [1.54, 1.807) is 0 Å². The van der Waals surface area contributed by atoms with E-state index in [0.717, 1.165) is 40.9 Å². The number of guanidine groups is 1. The number of nitrogens with one attached hydrogen (secondary N) is 3. The Morgan fingerprint density at radius 2 is 1.85 bits per heavy atom. The van der Waals surface area contributed by atoms with Crippen LogP contribution in [-0.2, 0) is 6.54 Å². The molecule has 8 heteroatoms. The number of thiophene rings is 1. The summed E-state index contributed by atoms with van der Waals surface area (Å²) in [5.74, 6) is 0.750. The Balaban J connectivity index is 0.00000338. The van der Waals surface area contributed by atoms with Crippen LogP contribution in [0, 0.1) is 0 Å². The summed E-state index contributed by atoms with van der Waals surface area (Å²) in [6.45, 7) is 4.77. The molecule has 5 nitrogen and oxygen atoms in total. The number of hydrogen-bond acceptors (Lipinski definition) is 3. The van der Waals surface area contributed by atoms with Crippen LogP contribution >= 0.6 is 46.9 Å². The first-order valence-electron chi connectivity index (χ1n) is 8.27. The number of aliphatic imine (C=N–C) groups is 1. The summed E-state index contributed by atoms with van der Waals surface area (Å²) < 4.78 is 0. The molecule has 0 fully saturated rings. The molecule has 1 heterocycles. The number of benzene rings is 1. The number of nitrogens with zero attached hydrogens (tertiary/aromatic N) is 1. The van der Waals surface area contributed by atoms with Crippen LogP contribution in [0.25, 0.3) is 0 Å². The topological polar surface area (TPSA) is 65.5 Å². The Labute approximate surface area is 180 Å². The van der Waals surface area contributed by atoms with Gasteiger partial charge in [-0.25, -0.2) is 4.99 Å². The van der Waals surface area contributed by atoms with E-state index >= 15 is 0 Å². The maximum atomic E-state index is 11.8. The molecule has 3 N–H and O–H groups in total. The Hall–Kier alpha value is -1.32. The lowest BCUT2D eigenvalue weighted by atomic mass is 10.2. The highest BCUT2D eigenvalue weighted by atomic mass is 127. The van der Waals surface area contributed by atoms with Crippen LogP contribution in [0.1, 0.15) is 28.6 Å². The summed E-state index contributed by atoms with van der Waals surface area (Å²) >= 11 is 7.33. The lowest BCUT2D eigenvalue weighted by molar-refractivity contribution is 0.0957. The summed E-state index contributed by atoms with van der Waals surface area (Å²) in [5.41, 5.74) is 1.10. The largest absolute Gasteiger partial charge is 0.357 e. The van der Waals surface area contributed by atoms with Gasteiger partial charge >= 0.3 is 0 Å². The fourth-order valence-electron chi connectivity index (χ4n) is 2.09. The predicted molar refractivity (Wildman–Crippen MR) is 121 cm³/mol. The SMILES string of the molecule is CCNC(=NCc1ccc(Cl)cc1)NCCCNC(=O)c1cccs1.I. The normalized spacial score (nSPS) is 10.8. The first-order chi connectivity index (χ1) is 12.2. The lowest BCUT2D eigenvalue weighted by Gasteiger charge is -2.11. The van der Waals surface area contributed by atoms with E-state index in [2.05, 4.69) is 20.9 Å². The van der Waals surface area contributed by atoms with Crippen molar-refractivity contribution in [2.45, 2.75) is 19.9 Å². The Morgan fingerprint density at radius 1 is 1.12 bits per heavy atom. The molecule has 0 saturated heterocycles. The van der Waals surface area contributed by atoms with E-state index in [9.17, 15) is 4.79 Å². The molecule has 1 aromatic heterocycles. The highest BCUT2D eigenvalue weighted by Gasteiger charge is 2.04. The van der Waals surface area contributed by atoms with E-state index in [1.165, 1.54) is 11.3 Å². The molecule has 0 bridgehead atoms. The van der Waals surface area contributed by atoms with Gasteiger partial charge in [0.1, 0.15) is 0 Å². The van der Waals surface area contributed by atoms with Crippen LogP contribution in [-0.4, -0.2) is 31.5 Å². The number of carbonyl (C=O) groups is 1. The summed E-state index contributed by atoms with van der Waals surface area (Å²) in [6.07, 6.45) is 0.822. The average Bonchev–Trinajstić information content (AvgIpc) is 3.15. The van der Waals surface area contributed by atoms with Crippen molar-refractivity contribution >= 4 is 58.8 Å². The second kappa shape index (κ2) is 12.9. The van der Waals surface area contributed by atoms with Crippen molar-refractivity contribution in [2.24, 2.45) is 4.99 Å². The molecule has 0 saturated carbocycles. The maximum Gasteiger partial charge on any atom is 0.261 e. The fourth-order valence-corrected chi connectivity index (χ4v) is 2.86. The summed E-state index contributed by atoms with van der Waals surface area (Å²) in [5, 5.41) is 12.0. The molecule has 2 rings (SSSR count). The van der Waals surface area contributed by atoms with Crippen molar-refractivity contribution in [3.63, 3.8) is 0 Å². The highest BCUT2D eigenvalue weighted by molar-refractivity contribution is 14.0. The first-order valence-corrected chi connectivity index (χ1v) is 9.53. The third kappa shape index (κ3) is 8.37. The Kier molecular flexibility index (Phi) is 11.3. The van der Waals surface area contributed by atoms with Crippen molar-refractivity contribution < 1.29 is 4.79 Å². The number of halogens is 2. The van der Waals surface area contributed by atoms with Gasteiger partial charge in [-0.15, -0.1) is 35.3 Å². The Bertz CT molecular complexity index is 677. The lowest BCUT2D eigenvalue weighted by Crippen LogP contribution is -2.38. The van der Waals surface area contributed by atoms with Gasteiger partial charge in [0.25, 0.3) is 5.91 Å². The van der Waals surface area contributed by atoms with Gasteiger partial charge in [-0.1, -0.05) is 29.8 Å². The molecule has 0 spiro atoms. The molecular weight excluding hydrogens is 483 g/mol. The number of amides is 1. The molecule has 2 aromatic rings. The minimum absolute atomic E-state index is 0. The zero-order chi connectivity index (χ0) is 17.9. The van der Waals surface area contributed by atoms with Crippen LogP contribution in [0.5, 0.6) is 0 Å². The van der Waals surface area contributed by atoms with Gasteiger partial charge in [0.15, 0.2) is 5.96 Å². The third-order valence-electron chi connectivity index (χ3n) is 3.35. The van der Waals surface area contributed by atoms with E-state index in [-0.39, 0.29) is 29.9 Å². The molecular formula is C18H24ClIN4OS. The molecule has 0 radical (unpaired) electrons. The van der Waals surface area contributed by atoms with Crippen LogP contribution in [0.3, 0.4) is 0 Å². The quantitative estimate of drug-likeness (QED) is 0.220. The van der Waals surface area contributed by atoms with Crippen molar-refractivity contribution in [2.75, 3.05) is 19.6 Å².